The first-order chi connectivity index (χ1) is 8.63. The fraction of sp³-hybridized carbons (Fsp3) is 0.462. The van der Waals surface area contributed by atoms with Gasteiger partial charge in [0.15, 0.2) is 0 Å². The number of hydrogen-bond acceptors (Lipinski definition) is 3. The molecule has 0 spiro atoms. The van der Waals surface area contributed by atoms with Crippen LogP contribution in [0, 0.1) is 0 Å². The Balaban J connectivity index is 2.31. The standard InChI is InChI=1S/C13H19ClN2O2/c1-16(7-4-8-17)10-13(18)15-9-11-5-2-3-6-12(11)14/h2-3,5-6,17H,4,7-10H2,1H3,(H,15,18). The van der Waals surface area contributed by atoms with Crippen molar-refractivity contribution in [2.45, 2.75) is 13.0 Å². The number of hydrogen-bond donors (Lipinski definition) is 2. The minimum Gasteiger partial charge on any atom is -0.396 e. The summed E-state index contributed by atoms with van der Waals surface area (Å²) in [5.41, 5.74) is 0.908. The molecule has 0 aliphatic rings. The van der Waals surface area contributed by atoms with Crippen LogP contribution in [0.5, 0.6) is 0 Å². The molecular formula is C13H19ClN2O2. The van der Waals surface area contributed by atoms with Gasteiger partial charge in [-0.3, -0.25) is 9.69 Å². The zero-order valence-corrected chi connectivity index (χ0v) is 11.3. The molecule has 0 aliphatic carbocycles. The van der Waals surface area contributed by atoms with Gasteiger partial charge >= 0.3 is 0 Å². The summed E-state index contributed by atoms with van der Waals surface area (Å²) in [6.45, 7) is 1.61. The van der Waals surface area contributed by atoms with Crippen LogP contribution in [0.25, 0.3) is 0 Å². The second-order valence-electron chi connectivity index (χ2n) is 4.18. The average Bonchev–Trinajstić information content (AvgIpc) is 2.35. The van der Waals surface area contributed by atoms with Gasteiger partial charge in [0.2, 0.25) is 5.91 Å². The zero-order chi connectivity index (χ0) is 13.4. The molecule has 5 heteroatoms. The van der Waals surface area contributed by atoms with Crippen LogP contribution < -0.4 is 5.32 Å². The first kappa shape index (κ1) is 15.0. The van der Waals surface area contributed by atoms with E-state index in [2.05, 4.69) is 5.32 Å². The van der Waals surface area contributed by atoms with Crippen molar-refractivity contribution in [3.63, 3.8) is 0 Å². The highest BCUT2D eigenvalue weighted by Crippen LogP contribution is 2.14. The maximum Gasteiger partial charge on any atom is 0.234 e. The Morgan fingerprint density at radius 2 is 2.17 bits per heavy atom. The third-order valence-electron chi connectivity index (χ3n) is 2.55. The fourth-order valence-corrected chi connectivity index (χ4v) is 1.76. The van der Waals surface area contributed by atoms with Crippen LogP contribution in [0.3, 0.4) is 0 Å². The van der Waals surface area contributed by atoms with Crippen molar-refractivity contribution >= 4 is 17.5 Å². The first-order valence-electron chi connectivity index (χ1n) is 5.93. The first-order valence-corrected chi connectivity index (χ1v) is 6.30. The summed E-state index contributed by atoms with van der Waals surface area (Å²) in [4.78, 5) is 13.5. The van der Waals surface area contributed by atoms with Crippen LogP contribution in [0.4, 0.5) is 0 Å². The van der Waals surface area contributed by atoms with E-state index in [4.69, 9.17) is 16.7 Å². The van der Waals surface area contributed by atoms with E-state index in [1.165, 1.54) is 0 Å². The van der Waals surface area contributed by atoms with E-state index >= 15 is 0 Å². The maximum absolute atomic E-state index is 11.6. The molecule has 0 aromatic heterocycles. The quantitative estimate of drug-likeness (QED) is 0.785. The van der Waals surface area contributed by atoms with Crippen molar-refractivity contribution in [3.8, 4) is 0 Å². The smallest absolute Gasteiger partial charge is 0.234 e. The number of nitrogens with one attached hydrogen (secondary N) is 1. The summed E-state index contributed by atoms with van der Waals surface area (Å²) in [5, 5.41) is 12.2. The van der Waals surface area contributed by atoms with Crippen LogP contribution in [0.15, 0.2) is 24.3 Å². The molecule has 0 saturated carbocycles. The van der Waals surface area contributed by atoms with Gasteiger partial charge in [-0.15, -0.1) is 0 Å². The van der Waals surface area contributed by atoms with Crippen molar-refractivity contribution in [3.05, 3.63) is 34.9 Å². The maximum atomic E-state index is 11.6. The Hall–Kier alpha value is -1.10. The summed E-state index contributed by atoms with van der Waals surface area (Å²) >= 11 is 5.99. The highest BCUT2D eigenvalue weighted by Gasteiger charge is 2.06. The molecule has 4 nitrogen and oxygen atoms in total. The number of aliphatic hydroxyl groups excluding tert-OH is 1. The number of rotatable bonds is 7. The second kappa shape index (κ2) is 8.08. The lowest BCUT2D eigenvalue weighted by atomic mass is 10.2. The van der Waals surface area contributed by atoms with E-state index in [9.17, 15) is 4.79 Å². The van der Waals surface area contributed by atoms with E-state index in [1.807, 2.05) is 30.1 Å². The SMILES string of the molecule is CN(CCCO)CC(=O)NCc1ccccc1Cl. The predicted molar refractivity (Wildman–Crippen MR) is 72.5 cm³/mol. The Morgan fingerprint density at radius 1 is 1.44 bits per heavy atom. The minimum atomic E-state index is -0.0460. The number of benzene rings is 1. The predicted octanol–water partition coefficient (Wildman–Crippen LogP) is 1.27. The third-order valence-corrected chi connectivity index (χ3v) is 2.91. The number of carbonyl (C=O) groups is 1. The molecule has 0 unspecified atom stereocenters. The number of halogens is 1. The summed E-state index contributed by atoms with van der Waals surface area (Å²) in [5.74, 6) is -0.0460. The van der Waals surface area contributed by atoms with E-state index < -0.39 is 0 Å². The number of amides is 1. The third kappa shape index (κ3) is 5.49. The fourth-order valence-electron chi connectivity index (χ4n) is 1.56. The van der Waals surface area contributed by atoms with E-state index in [0.29, 0.717) is 31.1 Å². The summed E-state index contributed by atoms with van der Waals surface area (Å²) < 4.78 is 0. The molecule has 1 aromatic rings. The molecule has 0 fully saturated rings. The Bertz CT molecular complexity index is 385. The van der Waals surface area contributed by atoms with Gasteiger partial charge in [-0.1, -0.05) is 29.8 Å². The summed E-state index contributed by atoms with van der Waals surface area (Å²) in [6.07, 6.45) is 0.675. The van der Waals surface area contributed by atoms with Crippen molar-refractivity contribution in [1.82, 2.24) is 10.2 Å². The molecule has 1 aromatic carbocycles. The monoisotopic (exact) mass is 270 g/mol. The van der Waals surface area contributed by atoms with Gasteiger partial charge in [0.1, 0.15) is 0 Å². The molecule has 0 saturated heterocycles. The zero-order valence-electron chi connectivity index (χ0n) is 10.5. The van der Waals surface area contributed by atoms with E-state index in [0.717, 1.165) is 5.56 Å². The number of nitrogens with zero attached hydrogens (tertiary/aromatic N) is 1. The van der Waals surface area contributed by atoms with Gasteiger partial charge in [-0.25, -0.2) is 0 Å². The highest BCUT2D eigenvalue weighted by molar-refractivity contribution is 6.31. The second-order valence-corrected chi connectivity index (χ2v) is 4.59. The number of aliphatic hydroxyl groups is 1. The average molecular weight is 271 g/mol. The number of carbonyl (C=O) groups excluding carboxylic acids is 1. The largest absolute Gasteiger partial charge is 0.396 e. The Morgan fingerprint density at radius 3 is 2.83 bits per heavy atom. The van der Waals surface area contributed by atoms with Gasteiger partial charge in [-0.05, 0) is 25.1 Å². The molecule has 2 N–H and O–H groups in total. The molecule has 0 atom stereocenters. The van der Waals surface area contributed by atoms with Gasteiger partial charge in [0.05, 0.1) is 6.54 Å². The molecule has 1 rings (SSSR count). The van der Waals surface area contributed by atoms with Crippen molar-refractivity contribution < 1.29 is 9.90 Å². The van der Waals surface area contributed by atoms with Crippen LogP contribution in [0.1, 0.15) is 12.0 Å². The minimum absolute atomic E-state index is 0.0460. The summed E-state index contributed by atoms with van der Waals surface area (Å²) in [6, 6.07) is 7.44. The van der Waals surface area contributed by atoms with Crippen molar-refractivity contribution in [2.75, 3.05) is 26.7 Å². The van der Waals surface area contributed by atoms with Crippen LogP contribution in [-0.4, -0.2) is 42.7 Å². The van der Waals surface area contributed by atoms with Gasteiger partial charge in [0.25, 0.3) is 0 Å². The van der Waals surface area contributed by atoms with Gasteiger partial charge in [0, 0.05) is 24.7 Å². The topological polar surface area (TPSA) is 52.6 Å². The van der Waals surface area contributed by atoms with E-state index in [-0.39, 0.29) is 12.5 Å². The van der Waals surface area contributed by atoms with Crippen molar-refractivity contribution in [1.29, 1.82) is 0 Å². The highest BCUT2D eigenvalue weighted by atomic mass is 35.5. The molecule has 18 heavy (non-hydrogen) atoms. The molecule has 0 radical (unpaired) electrons. The molecular weight excluding hydrogens is 252 g/mol. The normalized spacial score (nSPS) is 10.7. The van der Waals surface area contributed by atoms with Gasteiger partial charge < -0.3 is 10.4 Å². The lowest BCUT2D eigenvalue weighted by Gasteiger charge is -2.15. The molecule has 100 valence electrons. The molecule has 0 heterocycles. The molecule has 1 amide bonds. The summed E-state index contributed by atoms with van der Waals surface area (Å²) in [7, 11) is 1.85. The lowest BCUT2D eigenvalue weighted by molar-refractivity contribution is -0.122. The number of likely N-dealkylation sites (N-methyl/N-ethyl adjacent to an activating group) is 1. The van der Waals surface area contributed by atoms with Crippen LogP contribution in [-0.2, 0) is 11.3 Å². The van der Waals surface area contributed by atoms with Crippen LogP contribution in [0.2, 0.25) is 5.02 Å². The lowest BCUT2D eigenvalue weighted by Crippen LogP contribution is -2.35. The molecule has 0 bridgehead atoms. The van der Waals surface area contributed by atoms with Crippen molar-refractivity contribution in [2.24, 2.45) is 0 Å². The Kier molecular flexibility index (Phi) is 6.72. The molecule has 0 aliphatic heterocycles. The Labute approximate surface area is 113 Å². The van der Waals surface area contributed by atoms with Crippen LogP contribution >= 0.6 is 11.6 Å². The van der Waals surface area contributed by atoms with Gasteiger partial charge in [-0.2, -0.15) is 0 Å². The van der Waals surface area contributed by atoms with E-state index in [1.54, 1.807) is 6.07 Å².